The third-order valence-corrected chi connectivity index (χ3v) is 4.03. The molecule has 0 aliphatic heterocycles. The second-order valence-corrected chi connectivity index (χ2v) is 9.07. The zero-order chi connectivity index (χ0) is 16.3. The van der Waals surface area contributed by atoms with Gasteiger partial charge in [-0.15, -0.1) is 0 Å². The minimum Gasteiger partial charge on any atom is -0.456 e. The summed E-state index contributed by atoms with van der Waals surface area (Å²) in [5.41, 5.74) is 3.25. The molecule has 0 N–H and O–H groups in total. The summed E-state index contributed by atoms with van der Waals surface area (Å²) in [6.45, 7) is 5.60. The molecule has 2 aromatic rings. The van der Waals surface area contributed by atoms with Crippen LogP contribution in [0, 0.1) is 0 Å². The third-order valence-electron chi connectivity index (χ3n) is 2.97. The summed E-state index contributed by atoms with van der Waals surface area (Å²) in [5.74, 6) is -0.302. The van der Waals surface area contributed by atoms with Crippen LogP contribution in [-0.2, 0) is 4.74 Å². The van der Waals surface area contributed by atoms with Crippen LogP contribution in [0.1, 0.15) is 40.4 Å². The average Bonchev–Trinajstić information content (AvgIpc) is 2.46. The lowest BCUT2D eigenvalue weighted by Crippen LogP contribution is -2.23. The highest BCUT2D eigenvalue weighted by Crippen LogP contribution is 2.32. The van der Waals surface area contributed by atoms with Crippen LogP contribution in [0.2, 0.25) is 0 Å². The van der Waals surface area contributed by atoms with Gasteiger partial charge < -0.3 is 4.74 Å². The van der Waals surface area contributed by atoms with Gasteiger partial charge in [0.2, 0.25) is 0 Å². The van der Waals surface area contributed by atoms with E-state index >= 15 is 0 Å². The molecule has 2 aromatic carbocycles. The van der Waals surface area contributed by atoms with Crippen molar-refractivity contribution in [3.63, 3.8) is 0 Å². The first-order valence-corrected chi connectivity index (χ1v) is 8.81. The largest absolute Gasteiger partial charge is 0.456 e. The summed E-state index contributed by atoms with van der Waals surface area (Å²) >= 11 is 7.00. The quantitative estimate of drug-likeness (QED) is 0.438. The van der Waals surface area contributed by atoms with Gasteiger partial charge in [0.1, 0.15) is 5.60 Å². The molecule has 0 aromatic heterocycles. The maximum Gasteiger partial charge on any atom is 0.338 e. The monoisotopic (exact) mass is 424 g/mol. The van der Waals surface area contributed by atoms with Gasteiger partial charge in [0, 0.05) is 0 Å². The molecule has 0 aliphatic carbocycles. The first-order valence-electron chi connectivity index (χ1n) is 6.98. The van der Waals surface area contributed by atoms with Gasteiger partial charge >= 0.3 is 5.97 Å². The SMILES string of the molecule is CC(C)(C)OC(=O)c1cccc(-c2cccc(C(Br)Br)c2)c1. The molecule has 0 spiro atoms. The number of alkyl halides is 2. The van der Waals surface area contributed by atoms with E-state index in [9.17, 15) is 4.79 Å². The Bertz CT molecular complexity index is 673. The molecule has 0 radical (unpaired) electrons. The molecule has 0 fully saturated rings. The molecule has 22 heavy (non-hydrogen) atoms. The highest BCUT2D eigenvalue weighted by molar-refractivity contribution is 9.24. The molecule has 0 aliphatic rings. The molecule has 0 bridgehead atoms. The number of ether oxygens (including phenoxy) is 1. The van der Waals surface area contributed by atoms with E-state index in [1.54, 1.807) is 6.07 Å². The Labute approximate surface area is 148 Å². The van der Waals surface area contributed by atoms with E-state index < -0.39 is 5.60 Å². The number of hydrogen-bond donors (Lipinski definition) is 0. The van der Waals surface area contributed by atoms with Crippen molar-refractivity contribution in [2.24, 2.45) is 0 Å². The Balaban J connectivity index is 2.32. The van der Waals surface area contributed by atoms with Crippen molar-refractivity contribution in [1.82, 2.24) is 0 Å². The molecule has 116 valence electrons. The van der Waals surface area contributed by atoms with Crippen molar-refractivity contribution in [2.45, 2.75) is 30.1 Å². The fourth-order valence-electron chi connectivity index (χ4n) is 2.02. The highest BCUT2D eigenvalue weighted by Gasteiger charge is 2.18. The van der Waals surface area contributed by atoms with E-state index in [4.69, 9.17) is 4.74 Å². The van der Waals surface area contributed by atoms with Gasteiger partial charge in [-0.3, -0.25) is 0 Å². The molecule has 0 heterocycles. The Morgan fingerprint density at radius 3 is 2.18 bits per heavy atom. The van der Waals surface area contributed by atoms with E-state index in [1.165, 1.54) is 0 Å². The van der Waals surface area contributed by atoms with E-state index in [-0.39, 0.29) is 9.71 Å². The van der Waals surface area contributed by atoms with Crippen LogP contribution in [-0.4, -0.2) is 11.6 Å². The summed E-state index contributed by atoms with van der Waals surface area (Å²) in [7, 11) is 0. The van der Waals surface area contributed by atoms with Crippen molar-refractivity contribution in [3.8, 4) is 11.1 Å². The van der Waals surface area contributed by atoms with Crippen LogP contribution in [0.4, 0.5) is 0 Å². The topological polar surface area (TPSA) is 26.3 Å². The predicted octanol–water partition coefficient (Wildman–Crippen LogP) is 6.10. The van der Waals surface area contributed by atoms with Gasteiger partial charge in [-0.2, -0.15) is 0 Å². The standard InChI is InChI=1S/C18H18Br2O2/c1-18(2,3)22-17(21)15-9-5-7-13(11-15)12-6-4-8-14(10-12)16(19)20/h4-11,16H,1-3H3. The van der Waals surface area contributed by atoms with Crippen LogP contribution in [0.3, 0.4) is 0 Å². The van der Waals surface area contributed by atoms with Crippen molar-refractivity contribution in [1.29, 1.82) is 0 Å². The Hall–Kier alpha value is -1.13. The Morgan fingerprint density at radius 1 is 1.00 bits per heavy atom. The summed E-state index contributed by atoms with van der Waals surface area (Å²) in [6, 6.07) is 15.7. The second-order valence-electron chi connectivity index (χ2n) is 6.01. The maximum atomic E-state index is 12.2. The minimum absolute atomic E-state index is 0.106. The molecule has 0 saturated heterocycles. The third kappa shape index (κ3) is 4.68. The molecular weight excluding hydrogens is 408 g/mol. The van der Waals surface area contributed by atoms with Crippen molar-refractivity contribution < 1.29 is 9.53 Å². The van der Waals surface area contributed by atoms with Gasteiger partial charge in [0.25, 0.3) is 0 Å². The lowest BCUT2D eigenvalue weighted by Gasteiger charge is -2.19. The number of esters is 1. The van der Waals surface area contributed by atoms with Crippen LogP contribution < -0.4 is 0 Å². The molecule has 0 amide bonds. The molecule has 2 nitrogen and oxygen atoms in total. The van der Waals surface area contributed by atoms with Crippen LogP contribution in [0.15, 0.2) is 48.5 Å². The molecule has 4 heteroatoms. The summed E-state index contributed by atoms with van der Waals surface area (Å²) in [6.07, 6.45) is 0. The zero-order valence-electron chi connectivity index (χ0n) is 12.8. The first kappa shape index (κ1) is 17.2. The summed E-state index contributed by atoms with van der Waals surface area (Å²) < 4.78 is 5.53. The van der Waals surface area contributed by atoms with Gasteiger partial charge in [-0.05, 0) is 55.7 Å². The number of halogens is 2. The minimum atomic E-state index is -0.494. The Morgan fingerprint density at radius 2 is 1.59 bits per heavy atom. The van der Waals surface area contributed by atoms with Crippen molar-refractivity contribution in [3.05, 3.63) is 59.7 Å². The predicted molar refractivity (Wildman–Crippen MR) is 97.6 cm³/mol. The zero-order valence-corrected chi connectivity index (χ0v) is 15.9. The van der Waals surface area contributed by atoms with Crippen molar-refractivity contribution in [2.75, 3.05) is 0 Å². The first-order chi connectivity index (χ1) is 10.3. The summed E-state index contributed by atoms with van der Waals surface area (Å²) in [4.78, 5) is 12.2. The highest BCUT2D eigenvalue weighted by atomic mass is 79.9. The van der Waals surface area contributed by atoms with E-state index in [1.807, 2.05) is 57.2 Å². The molecule has 0 unspecified atom stereocenters. The van der Waals surface area contributed by atoms with Gasteiger partial charge in [-0.1, -0.05) is 62.2 Å². The lowest BCUT2D eigenvalue weighted by atomic mass is 10.0. The molecule has 0 atom stereocenters. The fraction of sp³-hybridized carbons (Fsp3) is 0.278. The van der Waals surface area contributed by atoms with Crippen LogP contribution in [0.25, 0.3) is 11.1 Å². The summed E-state index contributed by atoms with van der Waals surface area (Å²) in [5, 5.41) is 0. The molecule has 0 saturated carbocycles. The smallest absolute Gasteiger partial charge is 0.338 e. The van der Waals surface area contributed by atoms with Crippen LogP contribution in [0.5, 0.6) is 0 Å². The van der Waals surface area contributed by atoms with Crippen molar-refractivity contribution >= 4 is 37.8 Å². The van der Waals surface area contributed by atoms with Gasteiger partial charge in [0.15, 0.2) is 0 Å². The Kier molecular flexibility index (Phi) is 5.45. The van der Waals surface area contributed by atoms with E-state index in [2.05, 4.69) is 37.9 Å². The normalized spacial score (nSPS) is 11.5. The fourth-order valence-corrected chi connectivity index (χ4v) is 2.59. The molecule has 2 rings (SSSR count). The number of hydrogen-bond acceptors (Lipinski definition) is 2. The van der Waals surface area contributed by atoms with Crippen LogP contribution >= 0.6 is 31.9 Å². The van der Waals surface area contributed by atoms with E-state index in [0.29, 0.717) is 5.56 Å². The lowest BCUT2D eigenvalue weighted by molar-refractivity contribution is 0.00696. The maximum absolute atomic E-state index is 12.2. The number of carbonyl (C=O) groups is 1. The molecular formula is C18H18Br2O2. The number of carbonyl (C=O) groups excluding carboxylic acids is 1. The van der Waals surface area contributed by atoms with E-state index in [0.717, 1.165) is 16.7 Å². The second kappa shape index (κ2) is 6.97. The van der Waals surface area contributed by atoms with Gasteiger partial charge in [-0.25, -0.2) is 4.79 Å². The van der Waals surface area contributed by atoms with Gasteiger partial charge in [0.05, 0.1) is 9.30 Å². The number of rotatable bonds is 3. The average molecular weight is 426 g/mol. The number of benzene rings is 2.